The van der Waals surface area contributed by atoms with Crippen LogP contribution in [0.25, 0.3) is 6.08 Å². The van der Waals surface area contributed by atoms with E-state index in [9.17, 15) is 4.79 Å². The fourth-order valence-electron chi connectivity index (χ4n) is 2.04. The Bertz CT molecular complexity index is 457. The molecule has 0 spiro atoms. The van der Waals surface area contributed by atoms with E-state index < -0.39 is 5.54 Å². The number of isocyanates is 1. The zero-order chi connectivity index (χ0) is 10.9. The average Bonchev–Trinajstić information content (AvgIpc) is 2.25. The lowest BCUT2D eigenvalue weighted by atomic mass is 9.75. The molecule has 0 radical (unpaired) electrons. The second-order valence-electron chi connectivity index (χ2n) is 4.09. The molecule has 2 nitrogen and oxygen atoms in total. The van der Waals surface area contributed by atoms with Gasteiger partial charge in [-0.2, -0.15) is 4.99 Å². The van der Waals surface area contributed by atoms with Crippen molar-refractivity contribution < 1.29 is 4.79 Å². The first-order chi connectivity index (χ1) is 7.18. The third-order valence-electron chi connectivity index (χ3n) is 3.24. The van der Waals surface area contributed by atoms with Crippen LogP contribution < -0.4 is 0 Å². The van der Waals surface area contributed by atoms with Crippen LogP contribution in [0.1, 0.15) is 25.0 Å². The van der Waals surface area contributed by atoms with Crippen LogP contribution in [0.15, 0.2) is 35.3 Å². The van der Waals surface area contributed by atoms with E-state index in [1.807, 2.05) is 31.2 Å². The fourth-order valence-corrected chi connectivity index (χ4v) is 2.04. The van der Waals surface area contributed by atoms with Crippen LogP contribution >= 0.6 is 0 Å². The molecule has 1 aromatic rings. The first-order valence-corrected chi connectivity index (χ1v) is 5.05. The molecule has 0 saturated carbocycles. The maximum atomic E-state index is 10.5. The van der Waals surface area contributed by atoms with Gasteiger partial charge in [0.25, 0.3) is 0 Å². The summed E-state index contributed by atoms with van der Waals surface area (Å²) in [6.45, 7) is 4.04. The van der Waals surface area contributed by atoms with Gasteiger partial charge in [-0.15, -0.1) is 0 Å². The summed E-state index contributed by atoms with van der Waals surface area (Å²) in [6, 6.07) is 8.03. The number of hydrogen-bond donors (Lipinski definition) is 0. The lowest BCUT2D eigenvalue weighted by Crippen LogP contribution is -2.29. The lowest BCUT2D eigenvalue weighted by Gasteiger charge is -2.33. The molecule has 0 heterocycles. The van der Waals surface area contributed by atoms with Crippen molar-refractivity contribution in [3.63, 3.8) is 0 Å². The topological polar surface area (TPSA) is 29.4 Å². The van der Waals surface area contributed by atoms with Crippen LogP contribution in [0.3, 0.4) is 0 Å². The average molecular weight is 199 g/mol. The van der Waals surface area contributed by atoms with Crippen molar-refractivity contribution >= 4 is 12.2 Å². The minimum absolute atomic E-state index is 0.217. The fraction of sp³-hybridized carbons (Fsp3) is 0.308. The zero-order valence-electron chi connectivity index (χ0n) is 8.90. The second-order valence-corrected chi connectivity index (χ2v) is 4.09. The van der Waals surface area contributed by atoms with Gasteiger partial charge in [0, 0.05) is 5.92 Å². The van der Waals surface area contributed by atoms with Crippen molar-refractivity contribution in [3.8, 4) is 0 Å². The molecule has 0 aromatic heterocycles. The Morgan fingerprint density at radius 1 is 1.40 bits per heavy atom. The highest BCUT2D eigenvalue weighted by Gasteiger charge is 2.35. The largest absolute Gasteiger partial charge is 0.235 e. The Morgan fingerprint density at radius 2 is 2.13 bits per heavy atom. The van der Waals surface area contributed by atoms with Gasteiger partial charge in [-0.05, 0) is 18.1 Å². The number of nitrogens with zero attached hydrogens (tertiary/aromatic N) is 1. The molecule has 0 fully saturated rings. The van der Waals surface area contributed by atoms with Crippen LogP contribution in [-0.2, 0) is 10.3 Å². The number of hydrogen-bond acceptors (Lipinski definition) is 2. The molecule has 1 aromatic carbocycles. The standard InChI is InChI=1S/C13H13NO/c1-10-7-8-11-5-3-4-6-12(11)13(10,2)14-9-15/h3-8,10H,1-2H3. The molecule has 2 unspecified atom stereocenters. The quantitative estimate of drug-likeness (QED) is 0.505. The summed E-state index contributed by atoms with van der Waals surface area (Å²) in [5, 5.41) is 0. The van der Waals surface area contributed by atoms with Gasteiger partial charge < -0.3 is 0 Å². The van der Waals surface area contributed by atoms with Gasteiger partial charge in [0.1, 0.15) is 5.54 Å². The Balaban J connectivity index is 2.66. The van der Waals surface area contributed by atoms with Gasteiger partial charge in [-0.3, -0.25) is 0 Å². The summed E-state index contributed by atoms with van der Waals surface area (Å²) in [5.74, 6) is 0.217. The molecule has 2 atom stereocenters. The zero-order valence-corrected chi connectivity index (χ0v) is 8.90. The summed E-state index contributed by atoms with van der Waals surface area (Å²) in [4.78, 5) is 14.5. The molecular formula is C13H13NO. The van der Waals surface area contributed by atoms with Gasteiger partial charge in [0.05, 0.1) is 0 Å². The van der Waals surface area contributed by atoms with Crippen molar-refractivity contribution in [2.45, 2.75) is 19.4 Å². The first-order valence-electron chi connectivity index (χ1n) is 5.05. The van der Waals surface area contributed by atoms with Crippen molar-refractivity contribution in [3.05, 3.63) is 41.5 Å². The van der Waals surface area contributed by atoms with E-state index in [1.165, 1.54) is 0 Å². The van der Waals surface area contributed by atoms with Gasteiger partial charge in [-0.1, -0.05) is 43.3 Å². The van der Waals surface area contributed by atoms with E-state index in [0.29, 0.717) is 0 Å². The molecule has 0 aliphatic heterocycles. The highest BCUT2D eigenvalue weighted by molar-refractivity contribution is 5.60. The molecule has 0 N–H and O–H groups in total. The molecule has 1 aliphatic carbocycles. The summed E-state index contributed by atoms with van der Waals surface area (Å²) < 4.78 is 0. The molecule has 0 bridgehead atoms. The minimum Gasteiger partial charge on any atom is -0.211 e. The number of benzene rings is 1. The van der Waals surface area contributed by atoms with Crippen LogP contribution in [0.2, 0.25) is 0 Å². The Labute approximate surface area is 89.3 Å². The first kappa shape index (κ1) is 9.88. The molecule has 0 saturated heterocycles. The number of fused-ring (bicyclic) bond motifs is 1. The number of carbonyl (C=O) groups excluding carboxylic acids is 1. The van der Waals surface area contributed by atoms with Crippen LogP contribution in [0, 0.1) is 5.92 Å². The highest BCUT2D eigenvalue weighted by Crippen LogP contribution is 2.40. The maximum Gasteiger partial charge on any atom is 0.235 e. The maximum absolute atomic E-state index is 10.5. The Morgan fingerprint density at radius 3 is 2.87 bits per heavy atom. The summed E-state index contributed by atoms with van der Waals surface area (Å²) in [5.41, 5.74) is 1.77. The minimum atomic E-state index is -0.465. The summed E-state index contributed by atoms with van der Waals surface area (Å²) in [6.07, 6.45) is 5.86. The molecule has 0 amide bonds. The predicted molar refractivity (Wildman–Crippen MR) is 60.1 cm³/mol. The monoisotopic (exact) mass is 199 g/mol. The number of rotatable bonds is 1. The Kier molecular flexibility index (Phi) is 2.29. The smallest absolute Gasteiger partial charge is 0.211 e. The summed E-state index contributed by atoms with van der Waals surface area (Å²) in [7, 11) is 0. The molecule has 2 rings (SSSR count). The molecule has 2 heteroatoms. The normalized spacial score (nSPS) is 28.0. The van der Waals surface area contributed by atoms with Crippen LogP contribution in [-0.4, -0.2) is 6.08 Å². The van der Waals surface area contributed by atoms with Gasteiger partial charge >= 0.3 is 0 Å². The van der Waals surface area contributed by atoms with E-state index in [1.54, 1.807) is 6.08 Å². The van der Waals surface area contributed by atoms with E-state index in [-0.39, 0.29) is 5.92 Å². The van der Waals surface area contributed by atoms with Crippen molar-refractivity contribution in [1.82, 2.24) is 0 Å². The second kappa shape index (κ2) is 3.48. The van der Waals surface area contributed by atoms with Crippen molar-refractivity contribution in [2.75, 3.05) is 0 Å². The molecule has 1 aliphatic rings. The third-order valence-corrected chi connectivity index (χ3v) is 3.24. The SMILES string of the molecule is CC1C=Cc2ccccc2C1(C)N=C=O. The van der Waals surface area contributed by atoms with Crippen molar-refractivity contribution in [2.24, 2.45) is 10.9 Å². The third kappa shape index (κ3) is 1.43. The number of aliphatic imine (C=N–C) groups is 1. The van der Waals surface area contributed by atoms with E-state index in [2.05, 4.69) is 24.1 Å². The van der Waals surface area contributed by atoms with Crippen LogP contribution in [0.5, 0.6) is 0 Å². The van der Waals surface area contributed by atoms with Gasteiger partial charge in [0.2, 0.25) is 6.08 Å². The van der Waals surface area contributed by atoms with Crippen LogP contribution in [0.4, 0.5) is 0 Å². The summed E-state index contributed by atoms with van der Waals surface area (Å²) >= 11 is 0. The molecule has 76 valence electrons. The van der Waals surface area contributed by atoms with E-state index in [0.717, 1.165) is 11.1 Å². The van der Waals surface area contributed by atoms with E-state index in [4.69, 9.17) is 0 Å². The molecule has 15 heavy (non-hydrogen) atoms. The lowest BCUT2D eigenvalue weighted by molar-refractivity contribution is 0.381. The predicted octanol–water partition coefficient (Wildman–Crippen LogP) is 2.90. The van der Waals surface area contributed by atoms with Gasteiger partial charge in [-0.25, -0.2) is 4.79 Å². The van der Waals surface area contributed by atoms with Gasteiger partial charge in [0.15, 0.2) is 0 Å². The van der Waals surface area contributed by atoms with E-state index >= 15 is 0 Å². The van der Waals surface area contributed by atoms with Crippen molar-refractivity contribution in [1.29, 1.82) is 0 Å². The molecular weight excluding hydrogens is 186 g/mol. The Hall–Kier alpha value is -1.66. The highest BCUT2D eigenvalue weighted by atomic mass is 16.1.